The molecule has 9 heteroatoms. The number of carbonyl (C=O) groups excluding carboxylic acids is 4. The number of hydrogen-bond donors (Lipinski definition) is 3. The molecule has 0 heterocycles. The lowest BCUT2D eigenvalue weighted by atomic mass is 9.97. The molecule has 1 fully saturated rings. The van der Waals surface area contributed by atoms with E-state index in [1.54, 1.807) is 25.7 Å². The Kier molecular flexibility index (Phi) is 9.60. The molecule has 0 aromatic heterocycles. The Bertz CT molecular complexity index is 1270. The number of carbonyl (C=O) groups is 4. The van der Waals surface area contributed by atoms with Crippen molar-refractivity contribution in [1.29, 1.82) is 0 Å². The molecule has 4 atom stereocenters. The van der Waals surface area contributed by atoms with E-state index in [1.807, 2.05) is 70.2 Å². The highest BCUT2D eigenvalue weighted by Crippen LogP contribution is 2.41. The zero-order valence-corrected chi connectivity index (χ0v) is 24.5. The topological polar surface area (TPSA) is 131 Å². The van der Waals surface area contributed by atoms with Crippen molar-refractivity contribution in [2.24, 2.45) is 11.7 Å². The molecule has 4 N–H and O–H groups in total. The maximum absolute atomic E-state index is 14.3. The monoisotopic (exact) mass is 550 g/mol. The number of nitrogens with zero attached hydrogens (tertiary/aromatic N) is 1. The van der Waals surface area contributed by atoms with Crippen molar-refractivity contribution in [3.63, 3.8) is 0 Å². The van der Waals surface area contributed by atoms with E-state index in [9.17, 15) is 19.2 Å². The van der Waals surface area contributed by atoms with Gasteiger partial charge in [0.25, 0.3) is 5.91 Å². The summed E-state index contributed by atoms with van der Waals surface area (Å²) in [5, 5.41) is 5.66. The molecular weight excluding hydrogens is 508 g/mol. The van der Waals surface area contributed by atoms with Gasteiger partial charge in [-0.3, -0.25) is 14.4 Å². The van der Waals surface area contributed by atoms with Crippen molar-refractivity contribution in [2.75, 3.05) is 5.32 Å². The van der Waals surface area contributed by atoms with Crippen LogP contribution in [-0.4, -0.2) is 46.4 Å². The van der Waals surface area contributed by atoms with E-state index in [4.69, 9.17) is 10.5 Å². The molecule has 4 amide bonds. The van der Waals surface area contributed by atoms with Gasteiger partial charge in [0.1, 0.15) is 17.7 Å². The number of aryl methyl sites for hydroxylation is 3. The van der Waals surface area contributed by atoms with Gasteiger partial charge in [-0.1, -0.05) is 43.3 Å². The first-order chi connectivity index (χ1) is 18.7. The predicted octanol–water partition coefficient (Wildman–Crippen LogP) is 4.69. The van der Waals surface area contributed by atoms with Crippen LogP contribution in [0.3, 0.4) is 0 Å². The Morgan fingerprint density at radius 3 is 2.23 bits per heavy atom. The summed E-state index contributed by atoms with van der Waals surface area (Å²) < 4.78 is 5.40. The van der Waals surface area contributed by atoms with Gasteiger partial charge in [-0.05, 0) is 88.6 Å². The van der Waals surface area contributed by atoms with Crippen molar-refractivity contribution < 1.29 is 23.9 Å². The number of rotatable bonds is 10. The fourth-order valence-corrected chi connectivity index (χ4v) is 4.63. The van der Waals surface area contributed by atoms with Gasteiger partial charge in [-0.2, -0.15) is 0 Å². The maximum atomic E-state index is 14.3. The normalized spacial score (nSPS) is 17.8. The molecule has 216 valence electrons. The fraction of sp³-hybridized carbons (Fsp3) is 0.484. The first-order valence-corrected chi connectivity index (χ1v) is 13.7. The second-order valence-corrected chi connectivity index (χ2v) is 11.8. The SMILES string of the molecule is Cc1ccc(C(C(=O)Nc2ccccc2C)N(C(=O)C(CCC(N)=O)NC(=O)OC(C)(C)C)C2CC2C)cc1C. The van der Waals surface area contributed by atoms with Gasteiger partial charge >= 0.3 is 6.09 Å². The van der Waals surface area contributed by atoms with Crippen molar-refractivity contribution in [3.05, 3.63) is 64.7 Å². The number of para-hydroxylation sites is 1. The second-order valence-electron chi connectivity index (χ2n) is 11.8. The summed E-state index contributed by atoms with van der Waals surface area (Å²) in [6.07, 6.45) is -0.223. The van der Waals surface area contributed by atoms with E-state index in [2.05, 4.69) is 10.6 Å². The van der Waals surface area contributed by atoms with Crippen LogP contribution in [0.4, 0.5) is 10.5 Å². The van der Waals surface area contributed by atoms with Crippen LogP contribution in [-0.2, 0) is 19.1 Å². The number of alkyl carbamates (subject to hydrolysis) is 1. The van der Waals surface area contributed by atoms with Gasteiger partial charge in [0.2, 0.25) is 11.8 Å². The molecule has 0 saturated heterocycles. The summed E-state index contributed by atoms with van der Waals surface area (Å²) in [7, 11) is 0. The van der Waals surface area contributed by atoms with E-state index >= 15 is 0 Å². The van der Waals surface area contributed by atoms with E-state index in [0.717, 1.165) is 16.7 Å². The van der Waals surface area contributed by atoms with Crippen LogP contribution in [0.25, 0.3) is 0 Å². The third-order valence-corrected chi connectivity index (χ3v) is 7.12. The number of nitrogens with one attached hydrogen (secondary N) is 2. The van der Waals surface area contributed by atoms with E-state index in [1.165, 1.54) is 0 Å². The van der Waals surface area contributed by atoms with Crippen LogP contribution < -0.4 is 16.4 Å². The molecule has 0 aliphatic heterocycles. The highest BCUT2D eigenvalue weighted by molar-refractivity contribution is 5.99. The standard InChI is InChI=1S/C31H42N4O5/c1-18-12-13-22(16-20(18)3)27(28(37)33-23-11-9-8-10-19(23)2)35(25-17-21(25)4)29(38)24(14-15-26(32)36)34-30(39)40-31(5,6)7/h8-13,16,21,24-25,27H,14-15,17H2,1-7H3,(H2,32,36)(H,33,37)(H,34,39). The molecule has 1 saturated carbocycles. The number of ether oxygens (including phenoxy) is 1. The van der Waals surface area contributed by atoms with Gasteiger partial charge < -0.3 is 26.0 Å². The van der Waals surface area contributed by atoms with Crippen molar-refractivity contribution in [1.82, 2.24) is 10.2 Å². The lowest BCUT2D eigenvalue weighted by Gasteiger charge is -2.35. The first-order valence-electron chi connectivity index (χ1n) is 13.7. The summed E-state index contributed by atoms with van der Waals surface area (Å²) in [5.74, 6) is -1.28. The van der Waals surface area contributed by atoms with Crippen molar-refractivity contribution >= 4 is 29.5 Å². The Labute approximate surface area is 236 Å². The third-order valence-electron chi connectivity index (χ3n) is 7.12. The van der Waals surface area contributed by atoms with E-state index in [0.29, 0.717) is 17.7 Å². The molecule has 0 spiro atoms. The van der Waals surface area contributed by atoms with Crippen molar-refractivity contribution in [2.45, 2.75) is 91.5 Å². The van der Waals surface area contributed by atoms with Crippen LogP contribution in [0.2, 0.25) is 0 Å². The van der Waals surface area contributed by atoms with Gasteiger partial charge in [0.05, 0.1) is 0 Å². The molecule has 0 bridgehead atoms. The van der Waals surface area contributed by atoms with Crippen molar-refractivity contribution in [3.8, 4) is 0 Å². The van der Waals surface area contributed by atoms with E-state index in [-0.39, 0.29) is 30.7 Å². The highest BCUT2D eigenvalue weighted by Gasteiger charge is 2.48. The fourth-order valence-electron chi connectivity index (χ4n) is 4.63. The summed E-state index contributed by atoms with van der Waals surface area (Å²) in [4.78, 5) is 54.3. The van der Waals surface area contributed by atoms with Gasteiger partial charge in [-0.25, -0.2) is 4.79 Å². The highest BCUT2D eigenvalue weighted by atomic mass is 16.6. The summed E-state index contributed by atoms with van der Waals surface area (Å²) in [6, 6.07) is 10.8. The first kappa shape index (κ1) is 30.7. The quantitative estimate of drug-likeness (QED) is 0.395. The maximum Gasteiger partial charge on any atom is 0.408 e. The lowest BCUT2D eigenvalue weighted by Crippen LogP contribution is -2.53. The predicted molar refractivity (Wildman–Crippen MR) is 154 cm³/mol. The van der Waals surface area contributed by atoms with Gasteiger partial charge in [-0.15, -0.1) is 0 Å². The van der Waals surface area contributed by atoms with Crippen LogP contribution in [0.5, 0.6) is 0 Å². The molecule has 1 aliphatic carbocycles. The third kappa shape index (κ3) is 8.07. The largest absolute Gasteiger partial charge is 0.444 e. The Hall–Kier alpha value is -3.88. The minimum absolute atomic E-state index is 0.0237. The summed E-state index contributed by atoms with van der Waals surface area (Å²) in [6.45, 7) is 13.0. The Balaban J connectivity index is 2.06. The molecule has 9 nitrogen and oxygen atoms in total. The average Bonchev–Trinajstić information content (AvgIpc) is 3.57. The summed E-state index contributed by atoms with van der Waals surface area (Å²) in [5.41, 5.74) is 8.85. The van der Waals surface area contributed by atoms with E-state index < -0.39 is 35.6 Å². The Morgan fingerprint density at radius 2 is 1.68 bits per heavy atom. The molecule has 3 rings (SSSR count). The zero-order chi connectivity index (χ0) is 29.8. The number of primary amides is 1. The molecule has 1 aliphatic rings. The smallest absolute Gasteiger partial charge is 0.408 e. The van der Waals surface area contributed by atoms with Crippen LogP contribution in [0.1, 0.15) is 75.3 Å². The second kappa shape index (κ2) is 12.5. The molecule has 40 heavy (non-hydrogen) atoms. The zero-order valence-electron chi connectivity index (χ0n) is 24.5. The number of amides is 4. The minimum Gasteiger partial charge on any atom is -0.444 e. The molecule has 4 unspecified atom stereocenters. The van der Waals surface area contributed by atoms with Crippen LogP contribution in [0, 0.1) is 26.7 Å². The number of benzene rings is 2. The lowest BCUT2D eigenvalue weighted by molar-refractivity contribution is -0.142. The van der Waals surface area contributed by atoms with Gasteiger partial charge in [0.15, 0.2) is 0 Å². The number of anilines is 1. The average molecular weight is 551 g/mol. The number of nitrogens with two attached hydrogens (primary N) is 1. The molecular formula is C31H42N4O5. The van der Waals surface area contributed by atoms with Gasteiger partial charge in [0, 0.05) is 18.2 Å². The number of hydrogen-bond acceptors (Lipinski definition) is 5. The minimum atomic E-state index is -1.12. The molecule has 2 aromatic rings. The Morgan fingerprint density at radius 1 is 1.02 bits per heavy atom. The summed E-state index contributed by atoms with van der Waals surface area (Å²) >= 11 is 0. The van der Waals surface area contributed by atoms with Crippen LogP contribution in [0.15, 0.2) is 42.5 Å². The molecule has 0 radical (unpaired) electrons. The molecule has 2 aromatic carbocycles. The van der Waals surface area contributed by atoms with Crippen LogP contribution >= 0.6 is 0 Å².